The fourth-order valence-electron chi connectivity index (χ4n) is 3.62. The van der Waals surface area contributed by atoms with Gasteiger partial charge in [0.1, 0.15) is 11.6 Å². The van der Waals surface area contributed by atoms with Crippen molar-refractivity contribution in [2.45, 2.75) is 71.1 Å². The Hall–Kier alpha value is -0.760. The quantitative estimate of drug-likeness (QED) is 0.438. The number of hydrogen-bond donors (Lipinski definition) is 0. The highest BCUT2D eigenvalue weighted by Crippen LogP contribution is 2.34. The van der Waals surface area contributed by atoms with Crippen molar-refractivity contribution < 1.29 is 9.13 Å². The van der Waals surface area contributed by atoms with Crippen LogP contribution in [0.4, 0.5) is 4.39 Å². The molecule has 0 spiro atoms. The minimum absolute atomic E-state index is 0.146. The van der Waals surface area contributed by atoms with Crippen molar-refractivity contribution in [3.05, 3.63) is 29.0 Å². The van der Waals surface area contributed by atoms with Crippen LogP contribution in [0.2, 0.25) is 5.02 Å². The second-order valence-electron chi connectivity index (χ2n) is 6.95. The first-order valence-corrected chi connectivity index (χ1v) is 9.64. The third-order valence-electron chi connectivity index (χ3n) is 5.10. The molecule has 0 amide bonds. The van der Waals surface area contributed by atoms with Gasteiger partial charge in [0.25, 0.3) is 0 Å². The maximum absolute atomic E-state index is 13.3. The highest BCUT2D eigenvalue weighted by Gasteiger charge is 2.20. The fraction of sp³-hybridized carbons (Fsp3) is 0.700. The zero-order chi connectivity index (χ0) is 16.5. The molecule has 3 heteroatoms. The van der Waals surface area contributed by atoms with E-state index in [9.17, 15) is 4.39 Å². The maximum Gasteiger partial charge on any atom is 0.145 e. The van der Waals surface area contributed by atoms with Crippen LogP contribution in [0.5, 0.6) is 5.75 Å². The summed E-state index contributed by atoms with van der Waals surface area (Å²) in [6.45, 7) is 2.94. The molecule has 0 saturated heterocycles. The van der Waals surface area contributed by atoms with E-state index in [0.717, 1.165) is 18.3 Å². The van der Waals surface area contributed by atoms with E-state index >= 15 is 0 Å². The van der Waals surface area contributed by atoms with Crippen LogP contribution in [0, 0.1) is 17.7 Å². The van der Waals surface area contributed by atoms with E-state index in [1.807, 2.05) is 0 Å². The van der Waals surface area contributed by atoms with E-state index in [0.29, 0.717) is 12.4 Å². The van der Waals surface area contributed by atoms with Gasteiger partial charge in [-0.25, -0.2) is 4.39 Å². The highest BCUT2D eigenvalue weighted by molar-refractivity contribution is 6.30. The third kappa shape index (κ3) is 6.71. The number of ether oxygens (including phenoxy) is 1. The van der Waals surface area contributed by atoms with E-state index in [4.69, 9.17) is 16.3 Å². The molecule has 1 aliphatic rings. The van der Waals surface area contributed by atoms with Gasteiger partial charge < -0.3 is 4.74 Å². The van der Waals surface area contributed by atoms with Crippen molar-refractivity contribution >= 4 is 11.6 Å². The first-order chi connectivity index (χ1) is 11.2. The molecule has 130 valence electrons. The molecule has 1 fully saturated rings. The first kappa shape index (κ1) is 18.6. The summed E-state index contributed by atoms with van der Waals surface area (Å²) >= 11 is 5.66. The van der Waals surface area contributed by atoms with Crippen LogP contribution in [0.25, 0.3) is 0 Å². The number of benzene rings is 1. The van der Waals surface area contributed by atoms with Gasteiger partial charge in [-0.15, -0.1) is 0 Å². The molecule has 23 heavy (non-hydrogen) atoms. The molecule has 0 aliphatic heterocycles. The van der Waals surface area contributed by atoms with E-state index in [1.54, 1.807) is 12.1 Å². The van der Waals surface area contributed by atoms with Gasteiger partial charge in [-0.2, -0.15) is 0 Å². The van der Waals surface area contributed by atoms with Gasteiger partial charge >= 0.3 is 0 Å². The lowest BCUT2D eigenvalue weighted by atomic mass is 9.78. The lowest BCUT2D eigenvalue weighted by molar-refractivity contribution is 0.228. The van der Waals surface area contributed by atoms with Gasteiger partial charge in [-0.1, -0.05) is 69.9 Å². The Bertz CT molecular complexity index is 455. The van der Waals surface area contributed by atoms with Gasteiger partial charge in [0.15, 0.2) is 0 Å². The van der Waals surface area contributed by atoms with Crippen LogP contribution in [0.15, 0.2) is 18.2 Å². The van der Waals surface area contributed by atoms with Crippen LogP contribution in [0.1, 0.15) is 71.1 Å². The summed E-state index contributed by atoms with van der Waals surface area (Å²) in [7, 11) is 0. The van der Waals surface area contributed by atoms with Crippen LogP contribution >= 0.6 is 11.6 Å². The zero-order valence-electron chi connectivity index (χ0n) is 14.3. The predicted octanol–water partition coefficient (Wildman–Crippen LogP) is 7.02. The molecule has 0 aromatic heterocycles. The molecule has 2 rings (SSSR count). The highest BCUT2D eigenvalue weighted by atomic mass is 35.5. The summed E-state index contributed by atoms with van der Waals surface area (Å²) in [6.07, 6.45) is 13.4. The Kier molecular flexibility index (Phi) is 8.22. The number of rotatable bonds is 9. The molecule has 0 heterocycles. The molecule has 0 bridgehead atoms. The van der Waals surface area contributed by atoms with Gasteiger partial charge in [0.05, 0.1) is 11.6 Å². The standard InChI is InChI=1S/C20H30ClFO/c1-2-3-4-6-16-8-10-17(11-9-16)7-5-14-23-18-12-13-19(21)20(22)15-18/h12-13,15-17H,2-11,14H2,1H3. The number of hydrogen-bond acceptors (Lipinski definition) is 1. The summed E-state index contributed by atoms with van der Waals surface area (Å²) in [5.74, 6) is 2.01. The second-order valence-corrected chi connectivity index (χ2v) is 7.36. The predicted molar refractivity (Wildman–Crippen MR) is 95.7 cm³/mol. The molecule has 1 aromatic rings. The maximum atomic E-state index is 13.3. The van der Waals surface area contributed by atoms with Crippen molar-refractivity contribution in [1.29, 1.82) is 0 Å². The van der Waals surface area contributed by atoms with Crippen molar-refractivity contribution in [3.8, 4) is 5.75 Å². The average Bonchev–Trinajstić information content (AvgIpc) is 2.56. The Balaban J connectivity index is 1.56. The van der Waals surface area contributed by atoms with Gasteiger partial charge in [0, 0.05) is 6.07 Å². The minimum Gasteiger partial charge on any atom is -0.493 e. The van der Waals surface area contributed by atoms with Crippen LogP contribution in [-0.4, -0.2) is 6.61 Å². The molecule has 1 aliphatic carbocycles. The molecule has 1 saturated carbocycles. The van der Waals surface area contributed by atoms with Crippen LogP contribution in [-0.2, 0) is 0 Å². The Morgan fingerprint density at radius 2 is 1.70 bits per heavy atom. The summed E-state index contributed by atoms with van der Waals surface area (Å²) in [6, 6.07) is 4.64. The normalized spacial score (nSPS) is 21.3. The first-order valence-electron chi connectivity index (χ1n) is 9.27. The van der Waals surface area contributed by atoms with E-state index in [-0.39, 0.29) is 5.02 Å². The molecule has 0 N–H and O–H groups in total. The zero-order valence-corrected chi connectivity index (χ0v) is 15.1. The fourth-order valence-corrected chi connectivity index (χ4v) is 3.74. The van der Waals surface area contributed by atoms with Gasteiger partial charge in [-0.05, 0) is 36.8 Å². The molecule has 1 aromatic carbocycles. The monoisotopic (exact) mass is 340 g/mol. The van der Waals surface area contributed by atoms with Gasteiger partial charge in [-0.3, -0.25) is 0 Å². The lowest BCUT2D eigenvalue weighted by Crippen LogP contribution is -2.15. The lowest BCUT2D eigenvalue weighted by Gasteiger charge is -2.28. The molecule has 1 nitrogen and oxygen atoms in total. The molecule has 0 unspecified atom stereocenters. The van der Waals surface area contributed by atoms with Crippen molar-refractivity contribution in [2.24, 2.45) is 11.8 Å². The van der Waals surface area contributed by atoms with E-state index in [1.165, 1.54) is 63.9 Å². The van der Waals surface area contributed by atoms with Crippen LogP contribution < -0.4 is 4.74 Å². The Labute approximate surface area is 145 Å². The van der Waals surface area contributed by atoms with E-state index in [2.05, 4.69) is 6.92 Å². The summed E-state index contributed by atoms with van der Waals surface area (Å²) in [5.41, 5.74) is 0. The molecular weight excluding hydrogens is 311 g/mol. The minimum atomic E-state index is -0.412. The van der Waals surface area contributed by atoms with Crippen molar-refractivity contribution in [2.75, 3.05) is 6.61 Å². The topological polar surface area (TPSA) is 9.23 Å². The summed E-state index contributed by atoms with van der Waals surface area (Å²) in [5, 5.41) is 0.146. The van der Waals surface area contributed by atoms with Crippen LogP contribution in [0.3, 0.4) is 0 Å². The average molecular weight is 341 g/mol. The molecular formula is C20H30ClFO. The summed E-state index contributed by atoms with van der Waals surface area (Å²) in [4.78, 5) is 0. The Morgan fingerprint density at radius 1 is 1.04 bits per heavy atom. The smallest absolute Gasteiger partial charge is 0.145 e. The molecule has 0 atom stereocenters. The third-order valence-corrected chi connectivity index (χ3v) is 5.41. The van der Waals surface area contributed by atoms with Crippen molar-refractivity contribution in [1.82, 2.24) is 0 Å². The van der Waals surface area contributed by atoms with Gasteiger partial charge in [0.2, 0.25) is 0 Å². The number of halogens is 2. The second kappa shape index (κ2) is 10.2. The number of unbranched alkanes of at least 4 members (excludes halogenated alkanes) is 2. The van der Waals surface area contributed by atoms with Crippen molar-refractivity contribution in [3.63, 3.8) is 0 Å². The SMILES string of the molecule is CCCCCC1CCC(CCCOc2ccc(Cl)c(F)c2)CC1. The Morgan fingerprint density at radius 3 is 2.30 bits per heavy atom. The largest absolute Gasteiger partial charge is 0.493 e. The van der Waals surface area contributed by atoms with E-state index < -0.39 is 5.82 Å². The summed E-state index contributed by atoms with van der Waals surface area (Å²) < 4.78 is 18.9. The molecule has 0 radical (unpaired) electrons.